The van der Waals surface area contributed by atoms with Crippen molar-refractivity contribution in [2.24, 2.45) is 0 Å². The molecule has 3 aromatic heterocycles. The van der Waals surface area contributed by atoms with Gasteiger partial charge in [0.2, 0.25) is 5.91 Å². The standard InChI is InChI=1S/C24H23N5O5/c1-33-20-9-3-2-6-16(20)12-26-21(30)15-25-19-14-27-22-18(8-4-10-29(22)24(19)32)23(31)28-13-17-7-5-11-34-17/h2-11,14,25H,12-13,15H2,1H3,(H,26,30)(H,28,31). The fourth-order valence-electron chi connectivity index (χ4n) is 3.36. The van der Waals surface area contributed by atoms with E-state index in [0.717, 1.165) is 5.56 Å². The molecule has 0 aliphatic carbocycles. The lowest BCUT2D eigenvalue weighted by Gasteiger charge is -2.11. The number of amides is 2. The molecule has 10 heteroatoms. The number of furan rings is 1. The van der Waals surface area contributed by atoms with Crippen molar-refractivity contribution in [3.8, 4) is 5.75 Å². The second-order valence-corrected chi connectivity index (χ2v) is 7.30. The van der Waals surface area contributed by atoms with Crippen molar-refractivity contribution in [1.29, 1.82) is 0 Å². The van der Waals surface area contributed by atoms with Gasteiger partial charge < -0.3 is 25.1 Å². The van der Waals surface area contributed by atoms with Crippen LogP contribution in [-0.4, -0.2) is 34.9 Å². The maximum absolute atomic E-state index is 12.9. The molecular weight excluding hydrogens is 438 g/mol. The molecule has 3 heterocycles. The molecule has 10 nitrogen and oxygen atoms in total. The average molecular weight is 461 g/mol. The number of carbonyl (C=O) groups excluding carboxylic acids is 2. The van der Waals surface area contributed by atoms with Gasteiger partial charge in [-0.15, -0.1) is 0 Å². The summed E-state index contributed by atoms with van der Waals surface area (Å²) in [6.45, 7) is 0.373. The first kappa shape index (κ1) is 22.6. The Morgan fingerprint density at radius 1 is 1.06 bits per heavy atom. The Bertz CT molecular complexity index is 1360. The number of anilines is 1. The lowest BCUT2D eigenvalue weighted by atomic mass is 10.2. The predicted octanol–water partition coefficient (Wildman–Crippen LogP) is 1.95. The average Bonchev–Trinajstić information content (AvgIpc) is 3.39. The summed E-state index contributed by atoms with van der Waals surface area (Å²) in [7, 11) is 1.57. The van der Waals surface area contributed by atoms with Crippen molar-refractivity contribution in [3.63, 3.8) is 0 Å². The van der Waals surface area contributed by atoms with Gasteiger partial charge in [-0.2, -0.15) is 0 Å². The lowest BCUT2D eigenvalue weighted by molar-refractivity contribution is -0.119. The lowest BCUT2D eigenvalue weighted by Crippen LogP contribution is -2.31. The summed E-state index contributed by atoms with van der Waals surface area (Å²) in [4.78, 5) is 42.0. The summed E-state index contributed by atoms with van der Waals surface area (Å²) in [6.07, 6.45) is 4.35. The Kier molecular flexibility index (Phi) is 6.87. The van der Waals surface area contributed by atoms with Gasteiger partial charge in [-0.1, -0.05) is 18.2 Å². The van der Waals surface area contributed by atoms with Crippen molar-refractivity contribution in [2.75, 3.05) is 19.0 Å². The quantitative estimate of drug-likeness (QED) is 0.348. The highest BCUT2D eigenvalue weighted by Crippen LogP contribution is 2.16. The zero-order valence-electron chi connectivity index (χ0n) is 18.4. The Balaban J connectivity index is 1.41. The van der Waals surface area contributed by atoms with Crippen LogP contribution in [0.15, 0.2) is 76.4 Å². The molecule has 34 heavy (non-hydrogen) atoms. The van der Waals surface area contributed by atoms with E-state index in [1.165, 1.54) is 23.1 Å². The van der Waals surface area contributed by atoms with Crippen LogP contribution >= 0.6 is 0 Å². The monoisotopic (exact) mass is 461 g/mol. The van der Waals surface area contributed by atoms with Gasteiger partial charge in [0.25, 0.3) is 11.5 Å². The summed E-state index contributed by atoms with van der Waals surface area (Å²) >= 11 is 0. The van der Waals surface area contributed by atoms with Crippen LogP contribution in [0.25, 0.3) is 5.65 Å². The van der Waals surface area contributed by atoms with E-state index in [4.69, 9.17) is 9.15 Å². The predicted molar refractivity (Wildman–Crippen MR) is 125 cm³/mol. The van der Waals surface area contributed by atoms with Crippen LogP contribution in [-0.2, 0) is 17.9 Å². The summed E-state index contributed by atoms with van der Waals surface area (Å²) in [5.74, 6) is 0.588. The molecule has 0 saturated carbocycles. The van der Waals surface area contributed by atoms with Gasteiger partial charge in [0.15, 0.2) is 5.65 Å². The van der Waals surface area contributed by atoms with E-state index in [1.807, 2.05) is 24.3 Å². The number of ether oxygens (including phenoxy) is 1. The largest absolute Gasteiger partial charge is 0.496 e. The first-order valence-electron chi connectivity index (χ1n) is 10.5. The zero-order chi connectivity index (χ0) is 23.9. The van der Waals surface area contributed by atoms with E-state index >= 15 is 0 Å². The van der Waals surface area contributed by atoms with Gasteiger partial charge >= 0.3 is 0 Å². The highest BCUT2D eigenvalue weighted by atomic mass is 16.5. The van der Waals surface area contributed by atoms with Gasteiger partial charge in [-0.3, -0.25) is 18.8 Å². The second kappa shape index (κ2) is 10.3. The van der Waals surface area contributed by atoms with Crippen LogP contribution in [0.1, 0.15) is 21.7 Å². The van der Waals surface area contributed by atoms with Crippen LogP contribution in [0, 0.1) is 0 Å². The molecule has 0 saturated heterocycles. The van der Waals surface area contributed by atoms with Crippen LogP contribution in [0.4, 0.5) is 5.69 Å². The Labute approximate surface area is 194 Å². The maximum atomic E-state index is 12.9. The Hall–Kier alpha value is -4.60. The van der Waals surface area contributed by atoms with Crippen LogP contribution < -0.4 is 26.2 Å². The Morgan fingerprint density at radius 2 is 1.91 bits per heavy atom. The third kappa shape index (κ3) is 5.07. The smallest absolute Gasteiger partial charge is 0.281 e. The zero-order valence-corrected chi connectivity index (χ0v) is 18.4. The maximum Gasteiger partial charge on any atom is 0.281 e. The Morgan fingerprint density at radius 3 is 2.71 bits per heavy atom. The molecule has 0 atom stereocenters. The molecule has 174 valence electrons. The molecule has 0 aliphatic rings. The molecule has 3 N–H and O–H groups in total. The summed E-state index contributed by atoms with van der Waals surface area (Å²) in [6, 6.07) is 14.0. The molecule has 0 radical (unpaired) electrons. The highest BCUT2D eigenvalue weighted by molar-refractivity contribution is 5.99. The number of carbonyl (C=O) groups is 2. The number of rotatable bonds is 9. The fourth-order valence-corrected chi connectivity index (χ4v) is 3.36. The van der Waals surface area contributed by atoms with Crippen molar-refractivity contribution in [1.82, 2.24) is 20.0 Å². The summed E-state index contributed by atoms with van der Waals surface area (Å²) in [5, 5.41) is 8.33. The number of fused-ring (bicyclic) bond motifs is 1. The van der Waals surface area contributed by atoms with E-state index in [9.17, 15) is 14.4 Å². The van der Waals surface area contributed by atoms with E-state index < -0.39 is 11.5 Å². The second-order valence-electron chi connectivity index (χ2n) is 7.30. The molecule has 0 fully saturated rings. The van der Waals surface area contributed by atoms with Crippen molar-refractivity contribution in [2.45, 2.75) is 13.1 Å². The normalized spacial score (nSPS) is 10.6. The number of nitrogens with one attached hydrogen (secondary N) is 3. The SMILES string of the molecule is COc1ccccc1CNC(=O)CNc1cnc2c(C(=O)NCc3ccco3)cccn2c1=O. The number of para-hydroxylation sites is 1. The van der Waals surface area contributed by atoms with Gasteiger partial charge in [0.1, 0.15) is 17.2 Å². The molecule has 4 rings (SSSR count). The summed E-state index contributed by atoms with van der Waals surface area (Å²) < 4.78 is 11.7. The van der Waals surface area contributed by atoms with Gasteiger partial charge in [0, 0.05) is 18.3 Å². The highest BCUT2D eigenvalue weighted by Gasteiger charge is 2.15. The van der Waals surface area contributed by atoms with Crippen molar-refractivity contribution in [3.05, 3.63) is 94.4 Å². The summed E-state index contributed by atoms with van der Waals surface area (Å²) in [5.41, 5.74) is 0.993. The fraction of sp³-hybridized carbons (Fsp3) is 0.167. The number of nitrogens with zero attached hydrogens (tertiary/aromatic N) is 2. The molecular formula is C24H23N5O5. The van der Waals surface area contributed by atoms with Gasteiger partial charge in [-0.25, -0.2) is 4.98 Å². The molecule has 1 aromatic carbocycles. The van der Waals surface area contributed by atoms with E-state index in [1.54, 1.807) is 31.4 Å². The minimum atomic E-state index is -0.428. The molecule has 0 spiro atoms. The molecule has 0 aliphatic heterocycles. The third-order valence-corrected chi connectivity index (χ3v) is 5.09. The number of benzene rings is 1. The topological polar surface area (TPSA) is 127 Å². The molecule has 0 bridgehead atoms. The van der Waals surface area contributed by atoms with Crippen molar-refractivity contribution >= 4 is 23.1 Å². The third-order valence-electron chi connectivity index (χ3n) is 5.09. The number of methoxy groups -OCH3 is 1. The number of pyridine rings is 1. The van der Waals surface area contributed by atoms with E-state index in [0.29, 0.717) is 11.5 Å². The van der Waals surface area contributed by atoms with Gasteiger partial charge in [-0.05, 0) is 30.3 Å². The first-order valence-corrected chi connectivity index (χ1v) is 10.5. The van der Waals surface area contributed by atoms with Crippen LogP contribution in [0.2, 0.25) is 0 Å². The first-order chi connectivity index (χ1) is 16.6. The van der Waals surface area contributed by atoms with Crippen LogP contribution in [0.3, 0.4) is 0 Å². The number of hydrogen-bond acceptors (Lipinski definition) is 7. The minimum Gasteiger partial charge on any atom is -0.496 e. The molecule has 2 amide bonds. The van der Waals surface area contributed by atoms with Crippen LogP contribution in [0.5, 0.6) is 5.75 Å². The minimum absolute atomic E-state index is 0.124. The number of aromatic nitrogens is 2. The molecule has 4 aromatic rings. The van der Waals surface area contributed by atoms with Crippen molar-refractivity contribution < 1.29 is 18.7 Å². The van der Waals surface area contributed by atoms with E-state index in [-0.39, 0.29) is 42.4 Å². The van der Waals surface area contributed by atoms with Gasteiger partial charge in [0.05, 0.1) is 38.2 Å². The molecule has 0 unspecified atom stereocenters. The van der Waals surface area contributed by atoms with E-state index in [2.05, 4.69) is 20.9 Å². The number of hydrogen-bond donors (Lipinski definition) is 3.